The third kappa shape index (κ3) is 3.77. The molecule has 1 aromatic rings. The predicted octanol–water partition coefficient (Wildman–Crippen LogP) is 3.08. The number of ether oxygens (including phenoxy) is 5. The van der Waals surface area contributed by atoms with Gasteiger partial charge in [-0.25, -0.2) is 0 Å². The molecular weight excluding hydrogens is 328 g/mol. The third-order valence-electron chi connectivity index (χ3n) is 2.97. The monoisotopic (exact) mass is 348 g/mol. The Labute approximate surface area is 128 Å². The van der Waals surface area contributed by atoms with Gasteiger partial charge in [0.25, 0.3) is 0 Å². The van der Waals surface area contributed by atoms with Gasteiger partial charge in [-0.05, 0) is 40.9 Å². The lowest BCUT2D eigenvalue weighted by Crippen LogP contribution is -2.09. The Balaban J connectivity index is 2.96. The Morgan fingerprint density at radius 1 is 0.850 bits per heavy atom. The van der Waals surface area contributed by atoms with Crippen LogP contribution in [0.4, 0.5) is 0 Å². The van der Waals surface area contributed by atoms with Gasteiger partial charge >= 0.3 is 0 Å². The van der Waals surface area contributed by atoms with Crippen molar-refractivity contribution in [3.05, 3.63) is 15.6 Å². The lowest BCUT2D eigenvalue weighted by atomic mass is 10.1. The van der Waals surface area contributed by atoms with Gasteiger partial charge in [0.05, 0.1) is 31.9 Å². The summed E-state index contributed by atoms with van der Waals surface area (Å²) < 4.78 is 27.5. The highest BCUT2D eigenvalue weighted by Gasteiger charge is 2.21. The Morgan fingerprint density at radius 2 is 1.50 bits per heavy atom. The molecule has 1 aromatic carbocycles. The van der Waals surface area contributed by atoms with Crippen LogP contribution < -0.4 is 14.2 Å². The summed E-state index contributed by atoms with van der Waals surface area (Å²) in [6.07, 6.45) is 0. The van der Waals surface area contributed by atoms with Gasteiger partial charge in [-0.1, -0.05) is 0 Å². The fraction of sp³-hybridized carbons (Fsp3) is 0.571. The van der Waals surface area contributed by atoms with E-state index in [9.17, 15) is 0 Å². The molecule has 0 amide bonds. The molecule has 0 saturated carbocycles. The smallest absolute Gasteiger partial charge is 0.204 e. The van der Waals surface area contributed by atoms with Gasteiger partial charge in [0.2, 0.25) is 5.75 Å². The van der Waals surface area contributed by atoms with Gasteiger partial charge in [-0.15, -0.1) is 0 Å². The average Bonchev–Trinajstić information content (AvgIpc) is 2.46. The number of hydrogen-bond donors (Lipinski definition) is 0. The quantitative estimate of drug-likeness (QED) is 0.533. The summed E-state index contributed by atoms with van der Waals surface area (Å²) >= 11 is 3.53. The second kappa shape index (κ2) is 8.34. The topological polar surface area (TPSA) is 46.2 Å². The van der Waals surface area contributed by atoms with E-state index in [2.05, 4.69) is 15.9 Å². The van der Waals surface area contributed by atoms with Crippen molar-refractivity contribution in [2.24, 2.45) is 0 Å². The van der Waals surface area contributed by atoms with Crippen molar-refractivity contribution in [2.45, 2.75) is 13.8 Å². The van der Waals surface area contributed by atoms with Crippen molar-refractivity contribution in [3.63, 3.8) is 0 Å². The summed E-state index contributed by atoms with van der Waals surface area (Å²) in [4.78, 5) is 0. The van der Waals surface area contributed by atoms with Gasteiger partial charge in [0, 0.05) is 7.11 Å². The van der Waals surface area contributed by atoms with Crippen LogP contribution in [0.1, 0.15) is 11.1 Å². The molecule has 20 heavy (non-hydrogen) atoms. The van der Waals surface area contributed by atoms with Crippen LogP contribution in [0, 0.1) is 13.8 Å². The molecule has 0 unspecified atom stereocenters. The van der Waals surface area contributed by atoms with Crippen molar-refractivity contribution < 1.29 is 23.7 Å². The first-order chi connectivity index (χ1) is 9.58. The molecule has 0 saturated heterocycles. The highest BCUT2D eigenvalue weighted by Crippen LogP contribution is 2.47. The summed E-state index contributed by atoms with van der Waals surface area (Å²) in [6, 6.07) is 0. The second-order valence-corrected chi connectivity index (χ2v) is 4.92. The SMILES string of the molecule is COCCOCOc1c(Br)c(C)c(C)c(OC)c1OC. The number of methoxy groups -OCH3 is 3. The fourth-order valence-electron chi connectivity index (χ4n) is 1.74. The lowest BCUT2D eigenvalue weighted by Gasteiger charge is -2.19. The zero-order valence-corrected chi connectivity index (χ0v) is 14.1. The molecule has 0 aliphatic carbocycles. The summed E-state index contributed by atoms with van der Waals surface area (Å²) in [5.74, 6) is 1.79. The number of benzene rings is 1. The number of hydrogen-bond acceptors (Lipinski definition) is 5. The van der Waals surface area contributed by atoms with E-state index >= 15 is 0 Å². The molecule has 0 bridgehead atoms. The van der Waals surface area contributed by atoms with Gasteiger partial charge in [0.15, 0.2) is 18.3 Å². The molecule has 0 heterocycles. The molecular formula is C14H21BrO5. The summed E-state index contributed by atoms with van der Waals surface area (Å²) in [5, 5.41) is 0. The van der Waals surface area contributed by atoms with E-state index in [4.69, 9.17) is 23.7 Å². The number of rotatable bonds is 8. The molecule has 114 valence electrons. The average molecular weight is 349 g/mol. The van der Waals surface area contributed by atoms with Gasteiger partial charge in [-0.3, -0.25) is 0 Å². The van der Waals surface area contributed by atoms with Crippen LogP contribution in [0.15, 0.2) is 4.47 Å². The van der Waals surface area contributed by atoms with E-state index in [0.29, 0.717) is 30.5 Å². The van der Waals surface area contributed by atoms with Crippen molar-refractivity contribution in [1.82, 2.24) is 0 Å². The van der Waals surface area contributed by atoms with E-state index in [1.807, 2.05) is 13.8 Å². The van der Waals surface area contributed by atoms with Crippen LogP contribution in [0.25, 0.3) is 0 Å². The Kier molecular flexibility index (Phi) is 7.12. The van der Waals surface area contributed by atoms with Crippen LogP contribution in [0.5, 0.6) is 17.2 Å². The molecule has 0 N–H and O–H groups in total. The maximum absolute atomic E-state index is 5.65. The second-order valence-electron chi connectivity index (χ2n) is 4.12. The largest absolute Gasteiger partial charge is 0.492 e. The van der Waals surface area contributed by atoms with Crippen molar-refractivity contribution >= 4 is 15.9 Å². The minimum absolute atomic E-state index is 0.115. The highest BCUT2D eigenvalue weighted by atomic mass is 79.9. The summed E-state index contributed by atoms with van der Waals surface area (Å²) in [5.41, 5.74) is 2.04. The molecule has 6 heteroatoms. The van der Waals surface area contributed by atoms with Gasteiger partial charge < -0.3 is 23.7 Å². The van der Waals surface area contributed by atoms with Crippen LogP contribution in [0.3, 0.4) is 0 Å². The Hall–Kier alpha value is -0.980. The molecule has 1 rings (SSSR count). The van der Waals surface area contributed by atoms with E-state index in [0.717, 1.165) is 15.6 Å². The molecule has 0 radical (unpaired) electrons. The first kappa shape index (κ1) is 17.1. The van der Waals surface area contributed by atoms with Crippen LogP contribution >= 0.6 is 15.9 Å². The maximum Gasteiger partial charge on any atom is 0.204 e. The van der Waals surface area contributed by atoms with Crippen LogP contribution in [0.2, 0.25) is 0 Å². The predicted molar refractivity (Wildman–Crippen MR) is 80.0 cm³/mol. The van der Waals surface area contributed by atoms with Gasteiger partial charge in [-0.2, -0.15) is 0 Å². The molecule has 0 aromatic heterocycles. The minimum Gasteiger partial charge on any atom is -0.492 e. The van der Waals surface area contributed by atoms with Crippen LogP contribution in [-0.2, 0) is 9.47 Å². The molecule has 0 aliphatic heterocycles. The maximum atomic E-state index is 5.65. The van der Waals surface area contributed by atoms with E-state index in [1.54, 1.807) is 21.3 Å². The van der Waals surface area contributed by atoms with E-state index < -0.39 is 0 Å². The molecule has 0 spiro atoms. The minimum atomic E-state index is 0.115. The zero-order valence-electron chi connectivity index (χ0n) is 12.5. The van der Waals surface area contributed by atoms with E-state index in [-0.39, 0.29) is 6.79 Å². The van der Waals surface area contributed by atoms with E-state index in [1.165, 1.54) is 0 Å². The molecule has 5 nitrogen and oxygen atoms in total. The van der Waals surface area contributed by atoms with Crippen molar-refractivity contribution in [1.29, 1.82) is 0 Å². The Morgan fingerprint density at radius 3 is 2.05 bits per heavy atom. The fourth-order valence-corrected chi connectivity index (χ4v) is 2.33. The zero-order chi connectivity index (χ0) is 15.1. The van der Waals surface area contributed by atoms with Crippen LogP contribution in [-0.4, -0.2) is 41.3 Å². The third-order valence-corrected chi connectivity index (χ3v) is 3.93. The molecule has 0 fully saturated rings. The molecule has 0 atom stereocenters. The van der Waals surface area contributed by atoms with Gasteiger partial charge in [0.1, 0.15) is 0 Å². The summed E-state index contributed by atoms with van der Waals surface area (Å²) in [6.45, 7) is 5.07. The normalized spacial score (nSPS) is 10.5. The first-order valence-electron chi connectivity index (χ1n) is 6.18. The number of halogens is 1. The summed E-state index contributed by atoms with van der Waals surface area (Å²) in [7, 11) is 4.81. The van der Waals surface area contributed by atoms with Crippen molar-refractivity contribution in [3.8, 4) is 17.2 Å². The molecule has 0 aliphatic rings. The first-order valence-corrected chi connectivity index (χ1v) is 6.97. The Bertz CT molecular complexity index is 448. The van der Waals surface area contributed by atoms with Crippen molar-refractivity contribution in [2.75, 3.05) is 41.3 Å². The highest BCUT2D eigenvalue weighted by molar-refractivity contribution is 9.10. The standard InChI is InChI=1S/C14H21BrO5/c1-9-10(2)12(17-4)14(18-5)13(11(9)15)20-8-19-7-6-16-3/h6-8H2,1-5H3. The lowest BCUT2D eigenvalue weighted by molar-refractivity contribution is -0.00994.